The fourth-order valence-corrected chi connectivity index (χ4v) is 2.52. The number of nitrogens with one attached hydrogen (secondary N) is 1. The monoisotopic (exact) mass is 329 g/mol. The normalized spacial score (nSPS) is 12.7. The van der Waals surface area contributed by atoms with Crippen molar-refractivity contribution in [3.8, 4) is 0 Å². The Balaban J connectivity index is 1.71. The molecule has 0 aliphatic carbocycles. The third-order valence-electron chi connectivity index (χ3n) is 3.47. The molecule has 2 heterocycles. The summed E-state index contributed by atoms with van der Waals surface area (Å²) < 4.78 is 3.01. The van der Waals surface area contributed by atoms with Gasteiger partial charge in [0.1, 0.15) is 0 Å². The number of hydrogen-bond acceptors (Lipinski definition) is 2. The molecule has 3 rings (SSSR count). The molecule has 0 spiro atoms. The molecule has 1 aromatic carbocycles. The van der Waals surface area contributed by atoms with Crippen molar-refractivity contribution in [3.63, 3.8) is 0 Å². The number of nitrogens with zero attached hydrogens (tertiary/aromatic N) is 2. The van der Waals surface area contributed by atoms with E-state index in [1.165, 1.54) is 11.1 Å². The van der Waals surface area contributed by atoms with Gasteiger partial charge >= 0.3 is 0 Å². The van der Waals surface area contributed by atoms with Crippen LogP contribution in [-0.2, 0) is 6.54 Å². The van der Waals surface area contributed by atoms with Crippen molar-refractivity contribution in [3.05, 3.63) is 70.5 Å². The lowest BCUT2D eigenvalue weighted by Crippen LogP contribution is -2.17. The van der Waals surface area contributed by atoms with E-state index in [0.717, 1.165) is 16.5 Å². The smallest absolute Gasteiger partial charge is 0.0706 e. The van der Waals surface area contributed by atoms with E-state index in [9.17, 15) is 0 Å². The number of fused-ring (bicyclic) bond motifs is 1. The molecule has 2 aromatic heterocycles. The van der Waals surface area contributed by atoms with Crippen molar-refractivity contribution in [2.24, 2.45) is 0 Å². The second-order valence-corrected chi connectivity index (χ2v) is 5.77. The largest absolute Gasteiger partial charge is 0.306 e. The highest BCUT2D eigenvalue weighted by molar-refractivity contribution is 9.10. The fourth-order valence-electron chi connectivity index (χ4n) is 2.26. The molecule has 3 aromatic rings. The summed E-state index contributed by atoms with van der Waals surface area (Å²) in [6, 6.07) is 14.8. The van der Waals surface area contributed by atoms with Gasteiger partial charge in [0, 0.05) is 28.8 Å². The number of halogens is 1. The van der Waals surface area contributed by atoms with Crippen molar-refractivity contribution in [1.82, 2.24) is 14.9 Å². The minimum atomic E-state index is 0.307. The predicted octanol–water partition coefficient (Wildman–Crippen LogP) is 3.95. The van der Waals surface area contributed by atoms with Gasteiger partial charge in [0.2, 0.25) is 0 Å². The summed E-state index contributed by atoms with van der Waals surface area (Å²) in [5.41, 5.74) is 3.65. The van der Waals surface area contributed by atoms with Crippen molar-refractivity contribution < 1.29 is 0 Å². The van der Waals surface area contributed by atoms with Gasteiger partial charge in [-0.15, -0.1) is 0 Å². The van der Waals surface area contributed by atoms with Gasteiger partial charge in [0.05, 0.1) is 11.7 Å². The van der Waals surface area contributed by atoms with Gasteiger partial charge in [-0.2, -0.15) is 5.10 Å². The molecule has 102 valence electrons. The van der Waals surface area contributed by atoms with Crippen LogP contribution < -0.4 is 5.32 Å². The predicted molar refractivity (Wildman–Crippen MR) is 84.6 cm³/mol. The molecule has 0 aliphatic heterocycles. The second-order valence-electron chi connectivity index (χ2n) is 4.85. The summed E-state index contributed by atoms with van der Waals surface area (Å²) in [6.07, 6.45) is 3.90. The first-order valence-electron chi connectivity index (χ1n) is 6.64. The maximum atomic E-state index is 4.35. The summed E-state index contributed by atoms with van der Waals surface area (Å²) in [5.74, 6) is 0. The quantitative estimate of drug-likeness (QED) is 0.785. The highest BCUT2D eigenvalue weighted by Crippen LogP contribution is 2.17. The van der Waals surface area contributed by atoms with Crippen LogP contribution in [0.15, 0.2) is 59.3 Å². The van der Waals surface area contributed by atoms with E-state index in [-0.39, 0.29) is 0 Å². The Morgan fingerprint density at radius 1 is 1.20 bits per heavy atom. The molecule has 0 amide bonds. The second kappa shape index (κ2) is 5.77. The molecule has 0 unspecified atom stereocenters. The lowest BCUT2D eigenvalue weighted by Gasteiger charge is -2.13. The topological polar surface area (TPSA) is 29.3 Å². The van der Waals surface area contributed by atoms with Crippen LogP contribution in [0.3, 0.4) is 0 Å². The molecule has 3 nitrogen and oxygen atoms in total. The number of aromatic nitrogens is 2. The maximum Gasteiger partial charge on any atom is 0.0706 e. The molecule has 0 radical (unpaired) electrons. The first-order chi connectivity index (χ1) is 9.74. The Bertz CT molecular complexity index is 703. The molecule has 0 fully saturated rings. The molecule has 0 bridgehead atoms. The molecule has 0 saturated carbocycles. The lowest BCUT2D eigenvalue weighted by molar-refractivity contribution is 0.576. The Morgan fingerprint density at radius 2 is 2.00 bits per heavy atom. The summed E-state index contributed by atoms with van der Waals surface area (Å²) in [5, 5.41) is 7.90. The van der Waals surface area contributed by atoms with Crippen LogP contribution in [0.25, 0.3) is 5.52 Å². The van der Waals surface area contributed by atoms with Crippen LogP contribution >= 0.6 is 15.9 Å². The van der Waals surface area contributed by atoms with Crippen LogP contribution in [0.4, 0.5) is 0 Å². The Morgan fingerprint density at radius 3 is 2.80 bits per heavy atom. The summed E-state index contributed by atoms with van der Waals surface area (Å²) >= 11 is 3.46. The van der Waals surface area contributed by atoms with Gasteiger partial charge in [-0.05, 0) is 36.8 Å². The first kappa shape index (κ1) is 13.3. The van der Waals surface area contributed by atoms with E-state index >= 15 is 0 Å². The number of benzene rings is 1. The number of rotatable bonds is 4. The fraction of sp³-hybridized carbons (Fsp3) is 0.188. The van der Waals surface area contributed by atoms with Crippen molar-refractivity contribution in [1.29, 1.82) is 0 Å². The minimum Gasteiger partial charge on any atom is -0.306 e. The molecule has 0 aliphatic rings. The lowest BCUT2D eigenvalue weighted by atomic mass is 10.1. The zero-order chi connectivity index (χ0) is 13.9. The van der Waals surface area contributed by atoms with Gasteiger partial charge in [0.15, 0.2) is 0 Å². The zero-order valence-corrected chi connectivity index (χ0v) is 12.8. The number of hydrogen-bond donors (Lipinski definition) is 1. The average Bonchev–Trinajstić information content (AvgIpc) is 2.89. The molecule has 1 N–H and O–H groups in total. The van der Waals surface area contributed by atoms with Gasteiger partial charge < -0.3 is 5.32 Å². The van der Waals surface area contributed by atoms with Crippen LogP contribution in [0, 0.1) is 0 Å². The van der Waals surface area contributed by atoms with Crippen LogP contribution in [0.1, 0.15) is 24.1 Å². The molecular formula is C16H16BrN3. The molecular weight excluding hydrogens is 314 g/mol. The van der Waals surface area contributed by atoms with Crippen molar-refractivity contribution in [2.45, 2.75) is 19.5 Å². The Hall–Kier alpha value is -1.65. The molecule has 20 heavy (non-hydrogen) atoms. The maximum absolute atomic E-state index is 4.35. The van der Waals surface area contributed by atoms with Crippen molar-refractivity contribution in [2.75, 3.05) is 0 Å². The SMILES string of the molecule is C[C@@H](NCc1cnn2ccccc12)c1ccc(Br)cc1. The molecule has 0 saturated heterocycles. The zero-order valence-electron chi connectivity index (χ0n) is 11.3. The summed E-state index contributed by atoms with van der Waals surface area (Å²) in [4.78, 5) is 0. The van der Waals surface area contributed by atoms with Gasteiger partial charge in [0.25, 0.3) is 0 Å². The minimum absolute atomic E-state index is 0.307. The third kappa shape index (κ3) is 2.76. The van der Waals surface area contributed by atoms with Gasteiger partial charge in [-0.3, -0.25) is 0 Å². The van der Waals surface area contributed by atoms with Gasteiger partial charge in [-0.1, -0.05) is 34.1 Å². The van der Waals surface area contributed by atoms with Gasteiger partial charge in [-0.25, -0.2) is 4.52 Å². The van der Waals surface area contributed by atoms with E-state index in [1.54, 1.807) is 0 Å². The average molecular weight is 330 g/mol. The van der Waals surface area contributed by atoms with E-state index in [2.05, 4.69) is 63.6 Å². The van der Waals surface area contributed by atoms with Crippen LogP contribution in [-0.4, -0.2) is 9.61 Å². The van der Waals surface area contributed by atoms with Crippen LogP contribution in [0.2, 0.25) is 0 Å². The van der Waals surface area contributed by atoms with E-state index in [4.69, 9.17) is 0 Å². The highest BCUT2D eigenvalue weighted by Gasteiger charge is 2.07. The summed E-state index contributed by atoms with van der Waals surface area (Å²) in [6.45, 7) is 2.99. The number of pyridine rings is 1. The molecule has 1 atom stereocenters. The van der Waals surface area contributed by atoms with E-state index in [0.29, 0.717) is 6.04 Å². The molecule has 4 heteroatoms. The highest BCUT2D eigenvalue weighted by atomic mass is 79.9. The van der Waals surface area contributed by atoms with Crippen molar-refractivity contribution >= 4 is 21.4 Å². The third-order valence-corrected chi connectivity index (χ3v) is 4.00. The standard InChI is InChI=1S/C16H16BrN3/c1-12(13-5-7-15(17)8-6-13)18-10-14-11-19-20-9-3-2-4-16(14)20/h2-9,11-12,18H,10H2,1H3/t12-/m1/s1. The van der Waals surface area contributed by atoms with E-state index < -0.39 is 0 Å². The Kier molecular flexibility index (Phi) is 3.85. The van der Waals surface area contributed by atoms with Crippen LogP contribution in [0.5, 0.6) is 0 Å². The first-order valence-corrected chi connectivity index (χ1v) is 7.43. The summed E-state index contributed by atoms with van der Waals surface area (Å²) in [7, 11) is 0. The Labute approximate surface area is 126 Å². The van der Waals surface area contributed by atoms with E-state index in [1.807, 2.05) is 29.0 Å².